The summed E-state index contributed by atoms with van der Waals surface area (Å²) in [5, 5.41) is 0. The van der Waals surface area contributed by atoms with Crippen molar-refractivity contribution >= 4 is 15.7 Å². The Labute approximate surface area is 120 Å². The molecule has 0 amide bonds. The Morgan fingerprint density at radius 1 is 1.14 bits per heavy atom. The van der Waals surface area contributed by atoms with Crippen molar-refractivity contribution in [3.05, 3.63) is 48.0 Å². The van der Waals surface area contributed by atoms with Crippen molar-refractivity contribution in [1.82, 2.24) is 4.72 Å². The first-order valence-electron chi connectivity index (χ1n) is 5.80. The van der Waals surface area contributed by atoms with Gasteiger partial charge >= 0.3 is 0 Å². The minimum absolute atomic E-state index is 0.0872. The summed E-state index contributed by atoms with van der Waals surface area (Å²) >= 11 is 0. The zero-order chi connectivity index (χ0) is 15.6. The number of hydrogen-bond donors (Lipinski definition) is 2. The quantitative estimate of drug-likeness (QED) is 0.848. The third kappa shape index (κ3) is 3.11. The van der Waals surface area contributed by atoms with Gasteiger partial charge in [0.15, 0.2) is 17.3 Å². The van der Waals surface area contributed by atoms with Crippen LogP contribution in [0.4, 0.5) is 14.5 Å². The summed E-state index contributed by atoms with van der Waals surface area (Å²) in [4.78, 5) is -0.106. The van der Waals surface area contributed by atoms with Crippen LogP contribution in [0.25, 0.3) is 0 Å². The Morgan fingerprint density at radius 2 is 1.86 bits per heavy atom. The van der Waals surface area contributed by atoms with Crippen molar-refractivity contribution in [3.8, 4) is 11.5 Å². The van der Waals surface area contributed by atoms with E-state index in [2.05, 4.69) is 4.72 Å². The van der Waals surface area contributed by atoms with Gasteiger partial charge in [0.05, 0.1) is 10.6 Å². The molecule has 0 aromatic heterocycles. The van der Waals surface area contributed by atoms with Gasteiger partial charge in [0, 0.05) is 6.07 Å². The number of halogens is 2. The SMILES string of the molecule is CNS(=O)(=O)c1ccc(N)c(Oc2cccc(F)c2F)c1. The second kappa shape index (κ2) is 5.66. The molecular weight excluding hydrogens is 302 g/mol. The van der Waals surface area contributed by atoms with E-state index in [1.165, 1.54) is 31.3 Å². The van der Waals surface area contributed by atoms with E-state index in [0.717, 1.165) is 12.1 Å². The smallest absolute Gasteiger partial charge is 0.240 e. The van der Waals surface area contributed by atoms with Gasteiger partial charge in [-0.3, -0.25) is 0 Å². The zero-order valence-corrected chi connectivity index (χ0v) is 11.7. The Morgan fingerprint density at radius 3 is 2.52 bits per heavy atom. The molecule has 0 fully saturated rings. The number of nitrogens with one attached hydrogen (secondary N) is 1. The van der Waals surface area contributed by atoms with Gasteiger partial charge in [0.1, 0.15) is 0 Å². The molecule has 3 N–H and O–H groups in total. The highest BCUT2D eigenvalue weighted by atomic mass is 32.2. The number of nitrogens with two attached hydrogens (primary N) is 1. The van der Waals surface area contributed by atoms with Crippen LogP contribution in [0.15, 0.2) is 41.3 Å². The fourth-order valence-electron chi connectivity index (χ4n) is 1.57. The van der Waals surface area contributed by atoms with E-state index in [9.17, 15) is 17.2 Å². The van der Waals surface area contributed by atoms with Gasteiger partial charge in [-0.25, -0.2) is 17.5 Å². The Hall–Kier alpha value is -2.19. The van der Waals surface area contributed by atoms with E-state index >= 15 is 0 Å². The van der Waals surface area contributed by atoms with Crippen molar-refractivity contribution in [2.75, 3.05) is 12.8 Å². The third-order valence-corrected chi connectivity index (χ3v) is 4.11. The second-order valence-corrected chi connectivity index (χ2v) is 5.95. The van der Waals surface area contributed by atoms with Crippen LogP contribution in [0.5, 0.6) is 11.5 Å². The van der Waals surface area contributed by atoms with Crippen LogP contribution in [0.1, 0.15) is 0 Å². The van der Waals surface area contributed by atoms with Crippen molar-refractivity contribution in [3.63, 3.8) is 0 Å². The summed E-state index contributed by atoms with van der Waals surface area (Å²) in [5.74, 6) is -2.74. The second-order valence-electron chi connectivity index (χ2n) is 4.06. The van der Waals surface area contributed by atoms with E-state index < -0.39 is 21.7 Å². The maximum absolute atomic E-state index is 13.5. The van der Waals surface area contributed by atoms with Crippen molar-refractivity contribution in [1.29, 1.82) is 0 Å². The molecule has 0 unspecified atom stereocenters. The minimum Gasteiger partial charge on any atom is -0.452 e. The molecule has 8 heteroatoms. The van der Waals surface area contributed by atoms with Crippen molar-refractivity contribution in [2.45, 2.75) is 4.90 Å². The highest BCUT2D eigenvalue weighted by molar-refractivity contribution is 7.89. The van der Waals surface area contributed by atoms with E-state index in [0.29, 0.717) is 0 Å². The van der Waals surface area contributed by atoms with E-state index in [1.807, 2.05) is 0 Å². The molecule has 5 nitrogen and oxygen atoms in total. The fourth-order valence-corrected chi connectivity index (χ4v) is 2.31. The summed E-state index contributed by atoms with van der Waals surface area (Å²) in [6.45, 7) is 0. The Bertz CT molecular complexity index is 779. The lowest BCUT2D eigenvalue weighted by atomic mass is 10.3. The molecule has 2 aromatic carbocycles. The van der Waals surface area contributed by atoms with Crippen LogP contribution in [0, 0.1) is 11.6 Å². The number of ether oxygens (including phenoxy) is 1. The van der Waals surface area contributed by atoms with Gasteiger partial charge in [-0.05, 0) is 31.3 Å². The average Bonchev–Trinajstić information content (AvgIpc) is 2.46. The topological polar surface area (TPSA) is 81.4 Å². The highest BCUT2D eigenvalue weighted by Crippen LogP contribution is 2.31. The van der Waals surface area contributed by atoms with Gasteiger partial charge in [0.2, 0.25) is 15.8 Å². The maximum Gasteiger partial charge on any atom is 0.240 e. The monoisotopic (exact) mass is 314 g/mol. The summed E-state index contributed by atoms with van der Waals surface area (Å²) in [7, 11) is -2.45. The number of benzene rings is 2. The minimum atomic E-state index is -3.70. The normalized spacial score (nSPS) is 11.4. The molecule has 0 radical (unpaired) electrons. The number of rotatable bonds is 4. The standard InChI is InChI=1S/C13H12F2N2O3S/c1-17-21(18,19)8-5-6-10(16)12(7-8)20-11-4-2-3-9(14)13(11)15/h2-7,17H,16H2,1H3. The predicted octanol–water partition coefficient (Wildman–Crippen LogP) is 2.25. The molecule has 112 valence electrons. The molecular formula is C13H12F2N2O3S. The number of hydrogen-bond acceptors (Lipinski definition) is 4. The lowest BCUT2D eigenvalue weighted by molar-refractivity contribution is 0.416. The van der Waals surface area contributed by atoms with Crippen molar-refractivity contribution in [2.24, 2.45) is 0 Å². The number of nitrogen functional groups attached to an aromatic ring is 1. The molecule has 0 atom stereocenters. The fraction of sp³-hybridized carbons (Fsp3) is 0.0769. The summed E-state index contributed by atoms with van der Waals surface area (Å²) in [6.07, 6.45) is 0. The van der Waals surface area contributed by atoms with Crippen LogP contribution in [0.2, 0.25) is 0 Å². The predicted molar refractivity (Wildman–Crippen MR) is 73.5 cm³/mol. The van der Waals surface area contributed by atoms with Gasteiger partial charge in [-0.1, -0.05) is 6.07 Å². The van der Waals surface area contributed by atoms with Crippen LogP contribution in [-0.4, -0.2) is 15.5 Å². The Kier molecular flexibility index (Phi) is 4.10. The van der Waals surface area contributed by atoms with Crippen LogP contribution < -0.4 is 15.2 Å². The number of anilines is 1. The summed E-state index contributed by atoms with van der Waals surface area (Å²) < 4.78 is 57.4. The molecule has 2 rings (SSSR count). The van der Waals surface area contributed by atoms with Gasteiger partial charge in [-0.15, -0.1) is 0 Å². The molecule has 0 saturated carbocycles. The molecule has 0 heterocycles. The first-order chi connectivity index (χ1) is 9.85. The lowest BCUT2D eigenvalue weighted by Gasteiger charge is -2.11. The molecule has 0 saturated heterocycles. The largest absolute Gasteiger partial charge is 0.452 e. The van der Waals surface area contributed by atoms with Gasteiger partial charge in [-0.2, -0.15) is 4.39 Å². The maximum atomic E-state index is 13.5. The molecule has 21 heavy (non-hydrogen) atoms. The molecule has 0 spiro atoms. The van der Waals surface area contributed by atoms with E-state index in [4.69, 9.17) is 10.5 Å². The van der Waals surface area contributed by atoms with E-state index in [-0.39, 0.29) is 22.1 Å². The third-order valence-electron chi connectivity index (χ3n) is 2.70. The lowest BCUT2D eigenvalue weighted by Crippen LogP contribution is -2.18. The molecule has 0 aliphatic carbocycles. The molecule has 0 aliphatic heterocycles. The first kappa shape index (κ1) is 15.2. The van der Waals surface area contributed by atoms with Crippen LogP contribution >= 0.6 is 0 Å². The Balaban J connectivity index is 2.45. The van der Waals surface area contributed by atoms with Crippen LogP contribution in [0.3, 0.4) is 0 Å². The first-order valence-corrected chi connectivity index (χ1v) is 7.28. The van der Waals surface area contributed by atoms with Gasteiger partial charge in [0.25, 0.3) is 0 Å². The average molecular weight is 314 g/mol. The molecule has 0 aliphatic rings. The molecule has 0 bridgehead atoms. The summed E-state index contributed by atoms with van der Waals surface area (Å²) in [5.41, 5.74) is 5.75. The molecule has 2 aromatic rings. The highest BCUT2D eigenvalue weighted by Gasteiger charge is 2.16. The number of sulfonamides is 1. The van der Waals surface area contributed by atoms with E-state index in [1.54, 1.807) is 0 Å². The summed E-state index contributed by atoms with van der Waals surface area (Å²) in [6, 6.07) is 7.11. The van der Waals surface area contributed by atoms with Gasteiger partial charge < -0.3 is 10.5 Å². The van der Waals surface area contributed by atoms with Crippen LogP contribution in [-0.2, 0) is 10.0 Å². The van der Waals surface area contributed by atoms with Crippen molar-refractivity contribution < 1.29 is 21.9 Å². The zero-order valence-electron chi connectivity index (χ0n) is 10.9.